The van der Waals surface area contributed by atoms with Crippen LogP contribution in [0.15, 0.2) is 42.5 Å². The second-order valence-electron chi connectivity index (χ2n) is 5.14. The number of carbonyl (C=O) groups is 2. The Morgan fingerprint density at radius 1 is 1.13 bits per heavy atom. The molecule has 1 N–H and O–H groups in total. The molecule has 0 bridgehead atoms. The molecule has 4 nitrogen and oxygen atoms in total. The Labute approximate surface area is 140 Å². The molecule has 0 radical (unpaired) electrons. The van der Waals surface area contributed by atoms with Gasteiger partial charge in [0, 0.05) is 10.7 Å². The molecule has 0 spiro atoms. The summed E-state index contributed by atoms with van der Waals surface area (Å²) in [6, 6.07) is 12.3. The predicted octanol–water partition coefficient (Wildman–Crippen LogP) is 4.01. The minimum Gasteiger partial charge on any atom is -0.452 e. The highest BCUT2D eigenvalue weighted by molar-refractivity contribution is 6.31. The summed E-state index contributed by atoms with van der Waals surface area (Å²) < 4.78 is 5.01. The van der Waals surface area contributed by atoms with Gasteiger partial charge in [-0.3, -0.25) is 4.79 Å². The summed E-state index contributed by atoms with van der Waals surface area (Å²) in [6.07, 6.45) is 0.900. The molecule has 0 saturated carbocycles. The summed E-state index contributed by atoms with van der Waals surface area (Å²) in [5.41, 5.74) is 3.05. The van der Waals surface area contributed by atoms with Crippen LogP contribution in [0, 0.1) is 6.92 Å². The minimum atomic E-state index is -0.523. The van der Waals surface area contributed by atoms with Crippen molar-refractivity contribution in [3.63, 3.8) is 0 Å². The van der Waals surface area contributed by atoms with Crippen LogP contribution in [0.3, 0.4) is 0 Å². The number of halogens is 1. The summed E-state index contributed by atoms with van der Waals surface area (Å²) >= 11 is 5.99. The van der Waals surface area contributed by atoms with Crippen molar-refractivity contribution in [3.8, 4) is 0 Å². The van der Waals surface area contributed by atoms with Gasteiger partial charge in [-0.15, -0.1) is 0 Å². The van der Waals surface area contributed by atoms with Gasteiger partial charge in [-0.25, -0.2) is 4.79 Å². The Morgan fingerprint density at radius 3 is 2.43 bits per heavy atom. The first-order valence-electron chi connectivity index (χ1n) is 7.31. The molecule has 5 heteroatoms. The molecule has 0 aliphatic rings. The fourth-order valence-corrected chi connectivity index (χ4v) is 2.14. The molecular formula is C18H18ClNO3. The number of hydrogen-bond acceptors (Lipinski definition) is 3. The number of amides is 1. The molecule has 23 heavy (non-hydrogen) atoms. The van der Waals surface area contributed by atoms with Crippen molar-refractivity contribution in [1.29, 1.82) is 0 Å². The largest absolute Gasteiger partial charge is 0.452 e. The van der Waals surface area contributed by atoms with E-state index in [1.807, 2.05) is 26.0 Å². The van der Waals surface area contributed by atoms with Crippen LogP contribution in [0.2, 0.25) is 5.02 Å². The molecule has 0 fully saturated rings. The number of benzene rings is 2. The van der Waals surface area contributed by atoms with Crippen LogP contribution in [0.25, 0.3) is 0 Å². The lowest BCUT2D eigenvalue weighted by atomic mass is 10.1. The number of ether oxygens (including phenoxy) is 1. The topological polar surface area (TPSA) is 55.4 Å². The fraction of sp³-hybridized carbons (Fsp3) is 0.222. The fourth-order valence-electron chi connectivity index (χ4n) is 1.96. The Bertz CT molecular complexity index is 711. The average Bonchev–Trinajstić information content (AvgIpc) is 2.56. The summed E-state index contributed by atoms with van der Waals surface area (Å²) in [7, 11) is 0. The third-order valence-electron chi connectivity index (χ3n) is 3.39. The standard InChI is InChI=1S/C18H18ClNO3/c1-3-13-5-7-14(8-6-13)18(22)23-11-17(21)20-15-9-4-12(2)16(19)10-15/h4-10H,3,11H2,1-2H3,(H,20,21). The van der Waals surface area contributed by atoms with E-state index >= 15 is 0 Å². The molecule has 0 saturated heterocycles. The minimum absolute atomic E-state index is 0.347. The highest BCUT2D eigenvalue weighted by Crippen LogP contribution is 2.19. The monoisotopic (exact) mass is 331 g/mol. The Kier molecular flexibility index (Phi) is 5.77. The number of nitrogens with one attached hydrogen (secondary N) is 1. The lowest BCUT2D eigenvalue weighted by molar-refractivity contribution is -0.119. The van der Waals surface area contributed by atoms with Crippen LogP contribution in [-0.4, -0.2) is 18.5 Å². The molecule has 0 aliphatic carbocycles. The first-order chi connectivity index (χ1) is 11.0. The molecular weight excluding hydrogens is 314 g/mol. The zero-order valence-electron chi connectivity index (χ0n) is 13.1. The molecule has 0 atom stereocenters. The molecule has 2 aromatic rings. The van der Waals surface area contributed by atoms with E-state index < -0.39 is 11.9 Å². The second kappa shape index (κ2) is 7.79. The van der Waals surface area contributed by atoms with Gasteiger partial charge in [0.2, 0.25) is 0 Å². The summed E-state index contributed by atoms with van der Waals surface area (Å²) in [5, 5.41) is 3.20. The highest BCUT2D eigenvalue weighted by atomic mass is 35.5. The van der Waals surface area contributed by atoms with E-state index in [0.29, 0.717) is 16.3 Å². The number of rotatable bonds is 5. The van der Waals surface area contributed by atoms with Crippen LogP contribution in [-0.2, 0) is 16.0 Å². The van der Waals surface area contributed by atoms with Crippen LogP contribution in [0.5, 0.6) is 0 Å². The van der Waals surface area contributed by atoms with Crippen molar-refractivity contribution in [1.82, 2.24) is 0 Å². The normalized spacial score (nSPS) is 10.2. The molecule has 0 heterocycles. The number of hydrogen-bond donors (Lipinski definition) is 1. The summed E-state index contributed by atoms with van der Waals surface area (Å²) in [6.45, 7) is 3.56. The maximum absolute atomic E-state index is 11.9. The first kappa shape index (κ1) is 17.0. The maximum atomic E-state index is 11.9. The third kappa shape index (κ3) is 4.83. The second-order valence-corrected chi connectivity index (χ2v) is 5.55. The van der Waals surface area contributed by atoms with Gasteiger partial charge in [0.25, 0.3) is 5.91 Å². The lowest BCUT2D eigenvalue weighted by Gasteiger charge is -2.08. The van der Waals surface area contributed by atoms with Crippen molar-refractivity contribution in [2.45, 2.75) is 20.3 Å². The molecule has 0 aromatic heterocycles. The zero-order chi connectivity index (χ0) is 16.8. The van der Waals surface area contributed by atoms with Crippen LogP contribution >= 0.6 is 11.6 Å². The summed E-state index contributed by atoms with van der Waals surface area (Å²) in [5.74, 6) is -0.937. The van der Waals surface area contributed by atoms with Crippen molar-refractivity contribution in [3.05, 3.63) is 64.2 Å². The Balaban J connectivity index is 1.87. The van der Waals surface area contributed by atoms with Crippen LogP contribution < -0.4 is 5.32 Å². The number of anilines is 1. The quantitative estimate of drug-likeness (QED) is 0.842. The molecule has 120 valence electrons. The lowest BCUT2D eigenvalue weighted by Crippen LogP contribution is -2.20. The van der Waals surface area contributed by atoms with E-state index in [9.17, 15) is 9.59 Å². The molecule has 2 rings (SSSR count). The smallest absolute Gasteiger partial charge is 0.338 e. The predicted molar refractivity (Wildman–Crippen MR) is 90.9 cm³/mol. The van der Waals surface area contributed by atoms with Gasteiger partial charge in [0.1, 0.15) is 0 Å². The SMILES string of the molecule is CCc1ccc(C(=O)OCC(=O)Nc2ccc(C)c(Cl)c2)cc1. The highest BCUT2D eigenvalue weighted by Gasteiger charge is 2.10. The van der Waals surface area contributed by atoms with Crippen LogP contribution in [0.1, 0.15) is 28.4 Å². The van der Waals surface area contributed by atoms with E-state index in [0.717, 1.165) is 17.5 Å². The molecule has 2 aromatic carbocycles. The maximum Gasteiger partial charge on any atom is 0.338 e. The number of esters is 1. The van der Waals surface area contributed by atoms with E-state index in [-0.39, 0.29) is 6.61 Å². The van der Waals surface area contributed by atoms with Crippen molar-refractivity contribution in [2.24, 2.45) is 0 Å². The van der Waals surface area contributed by atoms with Gasteiger partial charge in [-0.1, -0.05) is 36.7 Å². The molecule has 1 amide bonds. The third-order valence-corrected chi connectivity index (χ3v) is 3.80. The van der Waals surface area contributed by atoms with Gasteiger partial charge < -0.3 is 10.1 Å². The van der Waals surface area contributed by atoms with Gasteiger partial charge in [-0.05, 0) is 48.7 Å². The van der Waals surface area contributed by atoms with Crippen molar-refractivity contribution < 1.29 is 14.3 Å². The van der Waals surface area contributed by atoms with E-state index in [1.54, 1.807) is 30.3 Å². The van der Waals surface area contributed by atoms with Gasteiger partial charge >= 0.3 is 5.97 Å². The van der Waals surface area contributed by atoms with Gasteiger partial charge in [0.05, 0.1) is 5.56 Å². The Morgan fingerprint density at radius 2 is 1.83 bits per heavy atom. The van der Waals surface area contributed by atoms with E-state index in [1.165, 1.54) is 0 Å². The van der Waals surface area contributed by atoms with E-state index in [4.69, 9.17) is 16.3 Å². The molecule has 0 aliphatic heterocycles. The number of aryl methyl sites for hydroxylation is 2. The van der Waals surface area contributed by atoms with E-state index in [2.05, 4.69) is 5.32 Å². The molecule has 0 unspecified atom stereocenters. The average molecular weight is 332 g/mol. The first-order valence-corrected chi connectivity index (χ1v) is 7.69. The number of carbonyl (C=O) groups excluding carboxylic acids is 2. The zero-order valence-corrected chi connectivity index (χ0v) is 13.8. The van der Waals surface area contributed by atoms with Crippen molar-refractivity contribution >= 4 is 29.2 Å². The van der Waals surface area contributed by atoms with Crippen molar-refractivity contribution in [2.75, 3.05) is 11.9 Å². The Hall–Kier alpha value is -2.33. The van der Waals surface area contributed by atoms with Gasteiger partial charge in [-0.2, -0.15) is 0 Å². The van der Waals surface area contributed by atoms with Crippen LogP contribution in [0.4, 0.5) is 5.69 Å². The van der Waals surface area contributed by atoms with Gasteiger partial charge in [0.15, 0.2) is 6.61 Å². The summed E-state index contributed by atoms with van der Waals surface area (Å²) in [4.78, 5) is 23.7.